The van der Waals surface area contributed by atoms with Crippen molar-refractivity contribution < 1.29 is 14.7 Å². The smallest absolute Gasteiger partial charge is 0.272 e. The number of nitrogens with zero attached hydrogens (tertiary/aromatic N) is 2. The maximum Gasteiger partial charge on any atom is 0.272 e. The lowest BCUT2D eigenvalue weighted by Crippen LogP contribution is -2.51. The number of aromatic nitrogens is 2. The van der Waals surface area contributed by atoms with Gasteiger partial charge in [0, 0.05) is 6.04 Å². The van der Waals surface area contributed by atoms with E-state index in [0.717, 1.165) is 25.7 Å². The second-order valence-corrected chi connectivity index (χ2v) is 8.42. The minimum atomic E-state index is -1.01. The number of fused-ring (bicyclic) bond motifs is 1. The van der Waals surface area contributed by atoms with Gasteiger partial charge < -0.3 is 15.7 Å². The summed E-state index contributed by atoms with van der Waals surface area (Å²) in [5.41, 5.74) is 1.42. The highest BCUT2D eigenvalue weighted by molar-refractivity contribution is 5.97. The van der Waals surface area contributed by atoms with E-state index in [0.29, 0.717) is 11.0 Å². The molecule has 0 radical (unpaired) electrons. The lowest BCUT2D eigenvalue weighted by atomic mass is 9.97. The zero-order valence-corrected chi connectivity index (χ0v) is 18.2. The van der Waals surface area contributed by atoms with Crippen LogP contribution in [0.25, 0.3) is 11.0 Å². The highest BCUT2D eigenvalue weighted by atomic mass is 16.3. The van der Waals surface area contributed by atoms with Gasteiger partial charge in [-0.25, -0.2) is 4.98 Å². The van der Waals surface area contributed by atoms with Gasteiger partial charge in [0.2, 0.25) is 5.91 Å². The molecule has 31 heavy (non-hydrogen) atoms. The van der Waals surface area contributed by atoms with Gasteiger partial charge in [-0.05, 0) is 25.0 Å². The number of aliphatic hydroxyl groups excluding tert-OH is 1. The molecule has 168 valence electrons. The van der Waals surface area contributed by atoms with Crippen molar-refractivity contribution in [1.29, 1.82) is 0 Å². The molecule has 1 atom stereocenters. The zero-order chi connectivity index (χ0) is 21.9. The van der Waals surface area contributed by atoms with E-state index in [1.54, 1.807) is 6.07 Å². The number of benzene rings is 1. The third-order valence-electron chi connectivity index (χ3n) is 5.94. The molecule has 2 amide bonds. The summed E-state index contributed by atoms with van der Waals surface area (Å²) in [7, 11) is 0. The number of rotatable bonds is 5. The zero-order valence-electron chi connectivity index (χ0n) is 18.2. The van der Waals surface area contributed by atoms with Gasteiger partial charge >= 0.3 is 0 Å². The molecular weight excluding hydrogens is 392 g/mol. The molecule has 1 aliphatic rings. The van der Waals surface area contributed by atoms with Crippen molar-refractivity contribution in [3.8, 4) is 0 Å². The molecule has 1 unspecified atom stereocenters. The van der Waals surface area contributed by atoms with Gasteiger partial charge in [-0.15, -0.1) is 0 Å². The Bertz CT molecular complexity index is 846. The summed E-state index contributed by atoms with van der Waals surface area (Å²) >= 11 is 0. The maximum atomic E-state index is 12.8. The Morgan fingerprint density at radius 2 is 1.52 bits per heavy atom. The van der Waals surface area contributed by atoms with E-state index in [2.05, 4.69) is 20.6 Å². The molecule has 0 spiro atoms. The molecule has 7 heteroatoms. The first-order valence-electron chi connectivity index (χ1n) is 11.6. The molecule has 0 aliphatic heterocycles. The number of nitrogens with one attached hydrogen (secondary N) is 2. The van der Waals surface area contributed by atoms with Crippen LogP contribution in [0.5, 0.6) is 0 Å². The number of carbonyl (C=O) groups is 2. The van der Waals surface area contributed by atoms with Crippen LogP contribution in [-0.2, 0) is 4.79 Å². The normalized spacial score (nSPS) is 17.8. The van der Waals surface area contributed by atoms with Gasteiger partial charge in [-0.2, -0.15) is 0 Å². The number of carbonyl (C=O) groups excluding carboxylic acids is 2. The van der Waals surface area contributed by atoms with Gasteiger partial charge in [-0.1, -0.05) is 69.9 Å². The second kappa shape index (κ2) is 12.3. The number of amides is 2. The van der Waals surface area contributed by atoms with Crippen LogP contribution in [0.3, 0.4) is 0 Å². The fourth-order valence-corrected chi connectivity index (χ4v) is 4.10. The van der Waals surface area contributed by atoms with Crippen LogP contribution in [0.4, 0.5) is 0 Å². The van der Waals surface area contributed by atoms with E-state index in [1.807, 2.05) is 18.2 Å². The Morgan fingerprint density at radius 3 is 2.13 bits per heavy atom. The van der Waals surface area contributed by atoms with Crippen LogP contribution < -0.4 is 10.6 Å². The minimum Gasteiger partial charge on any atom is -0.394 e. The van der Waals surface area contributed by atoms with E-state index in [9.17, 15) is 14.7 Å². The molecule has 1 fully saturated rings. The van der Waals surface area contributed by atoms with Gasteiger partial charge in [0.1, 0.15) is 11.7 Å². The van der Waals surface area contributed by atoms with E-state index in [-0.39, 0.29) is 17.6 Å². The van der Waals surface area contributed by atoms with E-state index in [4.69, 9.17) is 0 Å². The van der Waals surface area contributed by atoms with Crippen LogP contribution in [-0.4, -0.2) is 45.6 Å². The molecule has 1 heterocycles. The van der Waals surface area contributed by atoms with Crippen LogP contribution in [0.2, 0.25) is 0 Å². The van der Waals surface area contributed by atoms with Crippen molar-refractivity contribution in [1.82, 2.24) is 20.6 Å². The quantitative estimate of drug-likeness (QED) is 0.679. The largest absolute Gasteiger partial charge is 0.394 e. The maximum absolute atomic E-state index is 12.8. The predicted octanol–water partition coefficient (Wildman–Crippen LogP) is 3.51. The van der Waals surface area contributed by atoms with Crippen molar-refractivity contribution in [3.05, 3.63) is 36.2 Å². The van der Waals surface area contributed by atoms with Crippen LogP contribution in [0.15, 0.2) is 30.5 Å². The topological polar surface area (TPSA) is 104 Å². The average Bonchev–Trinajstić information content (AvgIpc) is 2.78. The van der Waals surface area contributed by atoms with E-state index >= 15 is 0 Å². The SMILES string of the molecule is O=C(NC(CO)C(=O)NC1CCCCCCCCCCC1)c1cnc2ccccc2n1. The fraction of sp³-hybridized carbons (Fsp3) is 0.583. The Hall–Kier alpha value is -2.54. The first kappa shape index (κ1) is 23.1. The summed E-state index contributed by atoms with van der Waals surface area (Å²) in [4.78, 5) is 33.9. The molecule has 3 rings (SSSR count). The first-order chi connectivity index (χ1) is 15.2. The lowest BCUT2D eigenvalue weighted by Gasteiger charge is -2.23. The Kier molecular flexibility index (Phi) is 9.21. The summed E-state index contributed by atoms with van der Waals surface area (Å²) in [5, 5.41) is 15.4. The molecule has 3 N–H and O–H groups in total. The fourth-order valence-electron chi connectivity index (χ4n) is 4.10. The second-order valence-electron chi connectivity index (χ2n) is 8.42. The third kappa shape index (κ3) is 7.28. The summed E-state index contributed by atoms with van der Waals surface area (Å²) < 4.78 is 0. The lowest BCUT2D eigenvalue weighted by molar-refractivity contribution is -0.124. The summed E-state index contributed by atoms with van der Waals surface area (Å²) in [5.74, 6) is -0.868. The Morgan fingerprint density at radius 1 is 0.935 bits per heavy atom. The highest BCUT2D eigenvalue weighted by Crippen LogP contribution is 2.17. The molecule has 1 saturated carbocycles. The number of para-hydroxylation sites is 2. The predicted molar refractivity (Wildman–Crippen MR) is 121 cm³/mol. The molecule has 0 saturated heterocycles. The van der Waals surface area contributed by atoms with Crippen molar-refractivity contribution in [2.75, 3.05) is 6.61 Å². The van der Waals surface area contributed by atoms with Crippen molar-refractivity contribution in [2.45, 2.75) is 82.7 Å². The van der Waals surface area contributed by atoms with E-state index in [1.165, 1.54) is 51.1 Å². The van der Waals surface area contributed by atoms with Gasteiger partial charge in [0.05, 0.1) is 23.8 Å². The molecule has 1 aromatic heterocycles. The monoisotopic (exact) mass is 426 g/mol. The Balaban J connectivity index is 1.57. The number of hydrogen-bond acceptors (Lipinski definition) is 5. The van der Waals surface area contributed by atoms with Gasteiger partial charge in [0.25, 0.3) is 5.91 Å². The van der Waals surface area contributed by atoms with Gasteiger partial charge in [0.15, 0.2) is 0 Å². The van der Waals surface area contributed by atoms with E-state index < -0.39 is 18.6 Å². The van der Waals surface area contributed by atoms with Crippen LogP contribution >= 0.6 is 0 Å². The highest BCUT2D eigenvalue weighted by Gasteiger charge is 2.24. The minimum absolute atomic E-state index is 0.0818. The Labute approximate surface area is 184 Å². The summed E-state index contributed by atoms with van der Waals surface area (Å²) in [6.07, 6.45) is 14.3. The van der Waals surface area contributed by atoms with Crippen molar-refractivity contribution in [2.24, 2.45) is 0 Å². The van der Waals surface area contributed by atoms with Crippen LogP contribution in [0, 0.1) is 0 Å². The molecule has 2 aromatic rings. The number of aliphatic hydroxyl groups is 1. The van der Waals surface area contributed by atoms with Crippen molar-refractivity contribution in [3.63, 3.8) is 0 Å². The average molecular weight is 427 g/mol. The van der Waals surface area contributed by atoms with Gasteiger partial charge in [-0.3, -0.25) is 14.6 Å². The van der Waals surface area contributed by atoms with Crippen LogP contribution in [0.1, 0.15) is 81.1 Å². The number of hydrogen-bond donors (Lipinski definition) is 3. The molecule has 0 bridgehead atoms. The first-order valence-corrected chi connectivity index (χ1v) is 11.6. The third-order valence-corrected chi connectivity index (χ3v) is 5.94. The standard InChI is InChI=1S/C24H34N4O3/c29-17-22(28-23(30)21-16-25-19-14-10-11-15-20(19)27-21)24(31)26-18-12-8-6-4-2-1-3-5-7-9-13-18/h10-11,14-16,18,22,29H,1-9,12-13,17H2,(H,26,31)(H,28,30). The molecule has 1 aliphatic carbocycles. The molecule has 7 nitrogen and oxygen atoms in total. The molecule has 1 aromatic carbocycles. The summed E-state index contributed by atoms with van der Waals surface area (Å²) in [6, 6.07) is 6.34. The summed E-state index contributed by atoms with van der Waals surface area (Å²) in [6.45, 7) is -0.467. The molecular formula is C24H34N4O3. The van der Waals surface area contributed by atoms with Crippen molar-refractivity contribution >= 4 is 22.8 Å².